The molecule has 0 spiro atoms. The number of anilines is 1. The average molecular weight is 261 g/mol. The fraction of sp³-hybridized carbons (Fsp3) is 0.286. The summed E-state index contributed by atoms with van der Waals surface area (Å²) in [6.45, 7) is 1.75. The molecule has 1 fully saturated rings. The minimum atomic E-state index is -0.615. The van der Waals surface area contributed by atoms with Gasteiger partial charge in [-0.15, -0.1) is 0 Å². The van der Waals surface area contributed by atoms with Gasteiger partial charge >= 0.3 is 0 Å². The van der Waals surface area contributed by atoms with E-state index in [1.165, 1.54) is 12.1 Å². The maximum absolute atomic E-state index is 13.8. The van der Waals surface area contributed by atoms with Gasteiger partial charge in [-0.25, -0.2) is 18.7 Å². The molecule has 1 aliphatic carbocycles. The molecule has 1 aliphatic rings. The topological polar surface area (TPSA) is 37.8 Å². The van der Waals surface area contributed by atoms with Gasteiger partial charge in [0.25, 0.3) is 0 Å². The molecule has 0 atom stereocenters. The molecule has 1 heterocycles. The molecule has 3 rings (SSSR count). The summed E-state index contributed by atoms with van der Waals surface area (Å²) >= 11 is 0. The Bertz CT molecular complexity index is 624. The van der Waals surface area contributed by atoms with E-state index in [0.717, 1.165) is 18.9 Å². The lowest BCUT2D eigenvalue weighted by molar-refractivity contribution is 0.585. The molecule has 0 radical (unpaired) electrons. The lowest BCUT2D eigenvalue weighted by Crippen LogP contribution is -2.05. The summed E-state index contributed by atoms with van der Waals surface area (Å²) in [5.74, 6) is 0.0388. The molecule has 0 bridgehead atoms. The zero-order chi connectivity index (χ0) is 13.4. The number of nitrogens with zero attached hydrogens (tertiary/aromatic N) is 2. The van der Waals surface area contributed by atoms with Gasteiger partial charge in [0.2, 0.25) is 0 Å². The smallest absolute Gasteiger partial charge is 0.135 e. The Morgan fingerprint density at radius 3 is 2.63 bits per heavy atom. The van der Waals surface area contributed by atoms with E-state index >= 15 is 0 Å². The molecule has 2 aromatic rings. The van der Waals surface area contributed by atoms with Crippen LogP contribution in [0, 0.1) is 18.6 Å². The van der Waals surface area contributed by atoms with Gasteiger partial charge in [0, 0.05) is 23.7 Å². The molecule has 0 saturated heterocycles. The van der Waals surface area contributed by atoms with E-state index in [-0.39, 0.29) is 5.56 Å². The fourth-order valence-corrected chi connectivity index (χ4v) is 1.91. The zero-order valence-corrected chi connectivity index (χ0v) is 10.5. The third kappa shape index (κ3) is 2.70. The first-order valence-electron chi connectivity index (χ1n) is 6.19. The van der Waals surface area contributed by atoms with E-state index in [0.29, 0.717) is 23.4 Å². The maximum Gasteiger partial charge on any atom is 0.135 e. The largest absolute Gasteiger partial charge is 0.367 e. The number of halogens is 2. The van der Waals surface area contributed by atoms with Gasteiger partial charge in [-0.1, -0.05) is 0 Å². The molecular formula is C14H13F2N3. The van der Waals surface area contributed by atoms with Crippen molar-refractivity contribution in [3.05, 3.63) is 41.7 Å². The van der Waals surface area contributed by atoms with E-state index in [1.807, 2.05) is 0 Å². The Kier molecular flexibility index (Phi) is 2.89. The van der Waals surface area contributed by atoms with Crippen LogP contribution in [0.1, 0.15) is 18.7 Å². The van der Waals surface area contributed by atoms with Crippen LogP contribution in [-0.2, 0) is 0 Å². The monoisotopic (exact) mass is 261 g/mol. The molecular weight excluding hydrogens is 248 g/mol. The lowest BCUT2D eigenvalue weighted by atomic mass is 10.1. The van der Waals surface area contributed by atoms with Crippen LogP contribution in [-0.4, -0.2) is 16.0 Å². The number of hydrogen-bond donors (Lipinski definition) is 1. The second-order valence-electron chi connectivity index (χ2n) is 4.73. The SMILES string of the molecule is Cc1nc(NC2CC2)cc(-c2ccc(F)cc2F)n1. The number of hydrogen-bond acceptors (Lipinski definition) is 3. The maximum atomic E-state index is 13.8. The van der Waals surface area contributed by atoms with Crippen LogP contribution in [0.15, 0.2) is 24.3 Å². The summed E-state index contributed by atoms with van der Waals surface area (Å²) in [6, 6.07) is 5.64. The van der Waals surface area contributed by atoms with Crippen molar-refractivity contribution in [3.8, 4) is 11.3 Å². The third-order valence-electron chi connectivity index (χ3n) is 2.97. The molecule has 0 amide bonds. The van der Waals surface area contributed by atoms with Crippen LogP contribution in [0.25, 0.3) is 11.3 Å². The van der Waals surface area contributed by atoms with Gasteiger partial charge < -0.3 is 5.32 Å². The highest BCUT2D eigenvalue weighted by Gasteiger charge is 2.22. The first kappa shape index (κ1) is 12.0. The summed E-state index contributed by atoms with van der Waals surface area (Å²) in [5, 5.41) is 3.25. The van der Waals surface area contributed by atoms with Crippen molar-refractivity contribution in [1.82, 2.24) is 9.97 Å². The predicted octanol–water partition coefficient (Wildman–Crippen LogP) is 3.30. The second kappa shape index (κ2) is 4.57. The van der Waals surface area contributed by atoms with Gasteiger partial charge in [0.05, 0.1) is 5.69 Å². The van der Waals surface area contributed by atoms with Crippen molar-refractivity contribution in [3.63, 3.8) is 0 Å². The Morgan fingerprint density at radius 1 is 1.16 bits per heavy atom. The molecule has 3 nitrogen and oxygen atoms in total. The van der Waals surface area contributed by atoms with Crippen LogP contribution in [0.2, 0.25) is 0 Å². The van der Waals surface area contributed by atoms with Crippen LogP contribution in [0.4, 0.5) is 14.6 Å². The van der Waals surface area contributed by atoms with Crippen molar-refractivity contribution in [1.29, 1.82) is 0 Å². The minimum absolute atomic E-state index is 0.283. The second-order valence-corrected chi connectivity index (χ2v) is 4.73. The summed E-state index contributed by atoms with van der Waals surface area (Å²) in [5.41, 5.74) is 0.749. The molecule has 19 heavy (non-hydrogen) atoms. The lowest BCUT2D eigenvalue weighted by Gasteiger charge is -2.08. The normalized spacial score (nSPS) is 14.5. The number of aromatic nitrogens is 2. The number of nitrogens with one attached hydrogen (secondary N) is 1. The van der Waals surface area contributed by atoms with Gasteiger partial charge in [-0.2, -0.15) is 0 Å². The average Bonchev–Trinajstić information content (AvgIpc) is 3.12. The Labute approximate surface area is 109 Å². The van der Waals surface area contributed by atoms with Gasteiger partial charge in [-0.05, 0) is 31.9 Å². The summed E-state index contributed by atoms with van der Waals surface area (Å²) in [6.07, 6.45) is 2.26. The quantitative estimate of drug-likeness (QED) is 0.921. The minimum Gasteiger partial charge on any atom is -0.367 e. The summed E-state index contributed by atoms with van der Waals surface area (Å²) < 4.78 is 26.7. The highest BCUT2D eigenvalue weighted by atomic mass is 19.1. The van der Waals surface area contributed by atoms with E-state index in [1.54, 1.807) is 13.0 Å². The summed E-state index contributed by atoms with van der Waals surface area (Å²) in [4.78, 5) is 8.48. The Morgan fingerprint density at radius 2 is 1.95 bits per heavy atom. The van der Waals surface area contributed by atoms with Crippen LogP contribution in [0.3, 0.4) is 0 Å². The Hall–Kier alpha value is -2.04. The third-order valence-corrected chi connectivity index (χ3v) is 2.97. The van der Waals surface area contributed by atoms with Crippen LogP contribution >= 0.6 is 0 Å². The Balaban J connectivity index is 2.00. The van der Waals surface area contributed by atoms with Gasteiger partial charge in [-0.3, -0.25) is 0 Å². The molecule has 5 heteroatoms. The fourth-order valence-electron chi connectivity index (χ4n) is 1.91. The molecule has 0 unspecified atom stereocenters. The molecule has 1 N–H and O–H groups in total. The first-order valence-corrected chi connectivity index (χ1v) is 6.19. The van der Waals surface area contributed by atoms with Gasteiger partial charge in [0.15, 0.2) is 0 Å². The van der Waals surface area contributed by atoms with Crippen LogP contribution in [0.5, 0.6) is 0 Å². The number of benzene rings is 1. The van der Waals surface area contributed by atoms with E-state index < -0.39 is 11.6 Å². The number of rotatable bonds is 3. The van der Waals surface area contributed by atoms with Gasteiger partial charge in [0.1, 0.15) is 23.3 Å². The summed E-state index contributed by atoms with van der Waals surface area (Å²) in [7, 11) is 0. The standard InChI is InChI=1S/C14H13F2N3/c1-8-17-13(7-14(18-8)19-10-3-4-10)11-5-2-9(15)6-12(11)16/h2,5-7,10H,3-4H2,1H3,(H,17,18,19). The van der Waals surface area contributed by atoms with Crippen molar-refractivity contribution in [2.24, 2.45) is 0 Å². The van der Waals surface area contributed by atoms with Crippen molar-refractivity contribution in [2.45, 2.75) is 25.8 Å². The zero-order valence-electron chi connectivity index (χ0n) is 10.5. The van der Waals surface area contributed by atoms with Crippen molar-refractivity contribution < 1.29 is 8.78 Å². The molecule has 98 valence electrons. The first-order chi connectivity index (χ1) is 9.11. The highest BCUT2D eigenvalue weighted by Crippen LogP contribution is 2.27. The van der Waals surface area contributed by atoms with E-state index in [4.69, 9.17) is 0 Å². The molecule has 1 aromatic heterocycles. The molecule has 1 saturated carbocycles. The predicted molar refractivity (Wildman–Crippen MR) is 68.8 cm³/mol. The molecule has 1 aromatic carbocycles. The van der Waals surface area contributed by atoms with Crippen LogP contribution < -0.4 is 5.32 Å². The van der Waals surface area contributed by atoms with E-state index in [9.17, 15) is 8.78 Å². The number of aryl methyl sites for hydroxylation is 1. The molecule has 0 aliphatic heterocycles. The highest BCUT2D eigenvalue weighted by molar-refractivity contribution is 5.63. The van der Waals surface area contributed by atoms with Crippen molar-refractivity contribution in [2.75, 3.05) is 5.32 Å². The van der Waals surface area contributed by atoms with Crippen molar-refractivity contribution >= 4 is 5.82 Å². The van der Waals surface area contributed by atoms with E-state index in [2.05, 4.69) is 15.3 Å².